The molecule has 0 radical (unpaired) electrons. The Morgan fingerprint density at radius 3 is 2.71 bits per heavy atom. The topological polar surface area (TPSA) is 49.9 Å². The number of ether oxygens (including phenoxy) is 1. The van der Waals surface area contributed by atoms with Gasteiger partial charge in [0.05, 0.1) is 11.6 Å². The third-order valence-corrected chi connectivity index (χ3v) is 7.41. The van der Waals surface area contributed by atoms with E-state index in [0.29, 0.717) is 25.1 Å². The van der Waals surface area contributed by atoms with Gasteiger partial charge in [0, 0.05) is 23.5 Å². The SMILES string of the molecule is CC[C@H](C)N(CC(=O)N1CCc2sccc2[C@H]1COc1cccc(F)c1)C(=O)c1ccccc1F. The van der Waals surface area contributed by atoms with E-state index in [1.54, 1.807) is 34.4 Å². The monoisotopic (exact) mass is 498 g/mol. The maximum Gasteiger partial charge on any atom is 0.257 e. The summed E-state index contributed by atoms with van der Waals surface area (Å²) in [5, 5.41) is 1.99. The zero-order chi connectivity index (χ0) is 24.9. The Morgan fingerprint density at radius 2 is 1.97 bits per heavy atom. The quantitative estimate of drug-likeness (QED) is 0.414. The van der Waals surface area contributed by atoms with Gasteiger partial charge in [0.1, 0.15) is 30.5 Å². The highest BCUT2D eigenvalue weighted by atomic mass is 32.1. The van der Waals surface area contributed by atoms with Crippen molar-refractivity contribution in [2.24, 2.45) is 0 Å². The smallest absolute Gasteiger partial charge is 0.257 e. The summed E-state index contributed by atoms with van der Waals surface area (Å²) in [6.07, 6.45) is 1.33. The lowest BCUT2D eigenvalue weighted by atomic mass is 10.00. The van der Waals surface area contributed by atoms with Crippen LogP contribution in [0.2, 0.25) is 0 Å². The summed E-state index contributed by atoms with van der Waals surface area (Å²) in [5.41, 5.74) is 0.951. The molecule has 0 fully saturated rings. The number of thiophene rings is 1. The average molecular weight is 499 g/mol. The maximum atomic E-state index is 14.4. The number of carbonyl (C=O) groups is 2. The molecule has 5 nitrogen and oxygen atoms in total. The number of benzene rings is 2. The molecule has 0 aliphatic carbocycles. The van der Waals surface area contributed by atoms with E-state index in [-0.39, 0.29) is 36.7 Å². The second kappa shape index (κ2) is 11.0. The number of rotatable bonds is 8. The van der Waals surface area contributed by atoms with Gasteiger partial charge in [-0.05, 0) is 61.0 Å². The Kier molecular flexibility index (Phi) is 7.80. The van der Waals surface area contributed by atoms with Crippen LogP contribution in [0.5, 0.6) is 5.75 Å². The number of halogens is 2. The van der Waals surface area contributed by atoms with E-state index in [9.17, 15) is 18.4 Å². The molecule has 2 amide bonds. The molecule has 0 bridgehead atoms. The van der Waals surface area contributed by atoms with Crippen molar-refractivity contribution in [2.75, 3.05) is 19.7 Å². The molecule has 1 aliphatic heterocycles. The standard InChI is InChI=1S/C27H28F2N2O3S/c1-3-18(2)31(27(33)21-9-4-5-10-23(21)29)16-26(32)30-13-11-25-22(12-14-35-25)24(30)17-34-20-8-6-7-19(28)15-20/h4-10,12,14-15,18,24H,3,11,13,16-17H2,1-2H3/t18-,24+/m0/s1. The second-order valence-corrected chi connectivity index (χ2v) is 9.59. The minimum absolute atomic E-state index is 0.0506. The lowest BCUT2D eigenvalue weighted by molar-refractivity contribution is -0.136. The van der Waals surface area contributed by atoms with Crippen molar-refractivity contribution in [1.29, 1.82) is 0 Å². The minimum atomic E-state index is -0.611. The Balaban J connectivity index is 1.56. The lowest BCUT2D eigenvalue weighted by Gasteiger charge is -2.38. The van der Waals surface area contributed by atoms with Crippen molar-refractivity contribution in [3.63, 3.8) is 0 Å². The third-order valence-electron chi connectivity index (χ3n) is 6.41. The molecule has 2 atom stereocenters. The van der Waals surface area contributed by atoms with Crippen LogP contribution in [0.15, 0.2) is 60.0 Å². The lowest BCUT2D eigenvalue weighted by Crippen LogP contribution is -2.50. The van der Waals surface area contributed by atoms with Crippen LogP contribution >= 0.6 is 11.3 Å². The molecular weight excluding hydrogens is 470 g/mol. The Labute approximate surface area is 207 Å². The molecule has 3 aromatic rings. The van der Waals surface area contributed by atoms with Crippen LogP contribution in [0.1, 0.15) is 47.1 Å². The molecule has 35 heavy (non-hydrogen) atoms. The van der Waals surface area contributed by atoms with Crippen LogP contribution in [0.3, 0.4) is 0 Å². The van der Waals surface area contributed by atoms with E-state index in [1.165, 1.54) is 40.1 Å². The zero-order valence-electron chi connectivity index (χ0n) is 19.7. The fraction of sp³-hybridized carbons (Fsp3) is 0.333. The summed E-state index contributed by atoms with van der Waals surface area (Å²) in [6.45, 7) is 4.24. The molecule has 2 aromatic carbocycles. The van der Waals surface area contributed by atoms with Gasteiger partial charge in [-0.25, -0.2) is 8.78 Å². The number of nitrogens with zero attached hydrogens (tertiary/aromatic N) is 2. The van der Waals surface area contributed by atoms with E-state index in [4.69, 9.17) is 4.74 Å². The van der Waals surface area contributed by atoms with Gasteiger partial charge in [0.2, 0.25) is 5.91 Å². The molecule has 1 aliphatic rings. The molecule has 4 rings (SSSR count). The van der Waals surface area contributed by atoms with E-state index in [1.807, 2.05) is 25.3 Å². The van der Waals surface area contributed by atoms with Crippen molar-refractivity contribution in [3.8, 4) is 5.75 Å². The maximum absolute atomic E-state index is 14.4. The van der Waals surface area contributed by atoms with Crippen LogP contribution in [-0.4, -0.2) is 47.4 Å². The molecule has 1 aromatic heterocycles. The van der Waals surface area contributed by atoms with Gasteiger partial charge in [0.25, 0.3) is 5.91 Å². The Bertz CT molecular complexity index is 1200. The molecule has 0 unspecified atom stereocenters. The van der Waals surface area contributed by atoms with E-state index in [2.05, 4.69) is 0 Å². The van der Waals surface area contributed by atoms with E-state index >= 15 is 0 Å². The van der Waals surface area contributed by atoms with Gasteiger partial charge in [-0.1, -0.05) is 25.1 Å². The summed E-state index contributed by atoms with van der Waals surface area (Å²) in [7, 11) is 0. The first-order chi connectivity index (χ1) is 16.9. The first-order valence-corrected chi connectivity index (χ1v) is 12.6. The van der Waals surface area contributed by atoms with Gasteiger partial charge >= 0.3 is 0 Å². The predicted molar refractivity (Wildman–Crippen MR) is 132 cm³/mol. The molecular formula is C27H28F2N2O3S. The molecule has 0 saturated heterocycles. The average Bonchev–Trinajstić information content (AvgIpc) is 3.34. The second-order valence-electron chi connectivity index (χ2n) is 8.59. The number of carbonyl (C=O) groups excluding carboxylic acids is 2. The van der Waals surface area contributed by atoms with Crippen LogP contribution < -0.4 is 4.74 Å². The molecule has 0 N–H and O–H groups in total. The Hall–Kier alpha value is -3.26. The summed E-state index contributed by atoms with van der Waals surface area (Å²) < 4.78 is 33.9. The van der Waals surface area contributed by atoms with Crippen molar-refractivity contribution in [1.82, 2.24) is 9.80 Å². The van der Waals surface area contributed by atoms with Crippen LogP contribution in [0.25, 0.3) is 0 Å². The van der Waals surface area contributed by atoms with Gasteiger partial charge in [-0.3, -0.25) is 9.59 Å². The van der Waals surface area contributed by atoms with Crippen LogP contribution in [0, 0.1) is 11.6 Å². The summed E-state index contributed by atoms with van der Waals surface area (Å²) >= 11 is 1.63. The van der Waals surface area contributed by atoms with Crippen molar-refractivity contribution in [2.45, 2.75) is 38.8 Å². The molecule has 184 valence electrons. The van der Waals surface area contributed by atoms with Gasteiger partial charge in [0.15, 0.2) is 0 Å². The number of amides is 2. The third kappa shape index (κ3) is 5.53. The van der Waals surface area contributed by atoms with Gasteiger partial charge < -0.3 is 14.5 Å². The number of hydrogen-bond donors (Lipinski definition) is 0. The van der Waals surface area contributed by atoms with Crippen molar-refractivity contribution < 1.29 is 23.1 Å². The Morgan fingerprint density at radius 1 is 1.17 bits per heavy atom. The molecule has 8 heteroatoms. The first-order valence-electron chi connectivity index (χ1n) is 11.7. The highest BCUT2D eigenvalue weighted by molar-refractivity contribution is 7.10. The van der Waals surface area contributed by atoms with Crippen molar-refractivity contribution in [3.05, 3.63) is 87.6 Å². The number of fused-ring (bicyclic) bond motifs is 1. The highest BCUT2D eigenvalue weighted by Crippen LogP contribution is 2.34. The van der Waals surface area contributed by atoms with E-state index < -0.39 is 17.5 Å². The number of hydrogen-bond acceptors (Lipinski definition) is 4. The largest absolute Gasteiger partial charge is 0.491 e. The predicted octanol–water partition coefficient (Wildman–Crippen LogP) is 5.47. The van der Waals surface area contributed by atoms with Crippen molar-refractivity contribution >= 4 is 23.2 Å². The highest BCUT2D eigenvalue weighted by Gasteiger charge is 2.34. The minimum Gasteiger partial charge on any atom is -0.491 e. The first kappa shape index (κ1) is 24.9. The van der Waals surface area contributed by atoms with E-state index in [0.717, 1.165) is 5.56 Å². The summed E-state index contributed by atoms with van der Waals surface area (Å²) in [6, 6.07) is 13.1. The summed E-state index contributed by atoms with van der Waals surface area (Å²) in [4.78, 5) is 31.1. The molecule has 2 heterocycles. The fourth-order valence-electron chi connectivity index (χ4n) is 4.28. The molecule has 0 spiro atoms. The normalized spacial score (nSPS) is 15.9. The van der Waals surface area contributed by atoms with Gasteiger partial charge in [-0.15, -0.1) is 11.3 Å². The van der Waals surface area contributed by atoms with Crippen LogP contribution in [0.4, 0.5) is 8.78 Å². The zero-order valence-corrected chi connectivity index (χ0v) is 20.6. The molecule has 0 saturated carbocycles. The fourth-order valence-corrected chi connectivity index (χ4v) is 5.21. The summed E-state index contributed by atoms with van der Waals surface area (Å²) in [5.74, 6) is -1.37. The van der Waals surface area contributed by atoms with Gasteiger partial charge in [-0.2, -0.15) is 0 Å². The van der Waals surface area contributed by atoms with Crippen LogP contribution in [-0.2, 0) is 11.2 Å².